The molecule has 13 heavy (non-hydrogen) atoms. The maximum atomic E-state index is 11.6. The van der Waals surface area contributed by atoms with Crippen molar-refractivity contribution in [2.24, 2.45) is 23.7 Å². The Morgan fingerprint density at radius 2 is 1.85 bits per heavy atom. The summed E-state index contributed by atoms with van der Waals surface area (Å²) in [5.74, 6) is 1.67. The monoisotopic (exact) mass is 181 g/mol. The smallest absolute Gasteiger partial charge is 0.227 e. The molecule has 0 fully saturated rings. The molecule has 2 atom stereocenters. The van der Waals surface area contributed by atoms with E-state index >= 15 is 0 Å². The van der Waals surface area contributed by atoms with E-state index in [0.717, 1.165) is 0 Å². The predicted molar refractivity (Wildman–Crippen MR) is 53.9 cm³/mol. The van der Waals surface area contributed by atoms with Gasteiger partial charge < -0.3 is 5.32 Å². The normalized spacial score (nSPS) is 28.3. The number of rotatable bonds is 2. The summed E-state index contributed by atoms with van der Waals surface area (Å²) in [6, 6.07) is 0. The van der Waals surface area contributed by atoms with Crippen molar-refractivity contribution < 1.29 is 4.79 Å². The molecule has 1 heterocycles. The van der Waals surface area contributed by atoms with Gasteiger partial charge >= 0.3 is 0 Å². The third-order valence-electron chi connectivity index (χ3n) is 2.75. The van der Waals surface area contributed by atoms with Crippen LogP contribution in [0.5, 0.6) is 0 Å². The number of amides is 1. The van der Waals surface area contributed by atoms with Crippen LogP contribution in [0.4, 0.5) is 0 Å². The minimum atomic E-state index is 0.144. The molecule has 0 aromatic heterocycles. The van der Waals surface area contributed by atoms with Crippen molar-refractivity contribution in [3.8, 4) is 0 Å². The van der Waals surface area contributed by atoms with Crippen molar-refractivity contribution in [3.05, 3.63) is 12.3 Å². The van der Waals surface area contributed by atoms with E-state index in [2.05, 4.69) is 39.1 Å². The Labute approximate surface area is 80.4 Å². The van der Waals surface area contributed by atoms with Gasteiger partial charge in [-0.2, -0.15) is 0 Å². The molecule has 2 heteroatoms. The molecule has 0 saturated heterocycles. The second-order valence-electron chi connectivity index (χ2n) is 4.46. The van der Waals surface area contributed by atoms with Gasteiger partial charge in [-0.05, 0) is 17.8 Å². The molecular weight excluding hydrogens is 162 g/mol. The van der Waals surface area contributed by atoms with E-state index in [1.165, 1.54) is 0 Å². The first-order chi connectivity index (χ1) is 6.04. The Bertz CT molecular complexity index is 218. The van der Waals surface area contributed by atoms with Crippen LogP contribution < -0.4 is 5.32 Å². The van der Waals surface area contributed by atoms with Crippen molar-refractivity contribution in [2.45, 2.75) is 27.7 Å². The van der Waals surface area contributed by atoms with Crippen LogP contribution in [-0.2, 0) is 4.79 Å². The fourth-order valence-electron chi connectivity index (χ4n) is 2.02. The molecule has 1 N–H and O–H groups in total. The number of carbonyl (C=O) groups excluding carboxylic acids is 1. The van der Waals surface area contributed by atoms with Gasteiger partial charge in [-0.15, -0.1) is 0 Å². The zero-order chi connectivity index (χ0) is 10.0. The molecule has 1 rings (SSSR count). The number of hydrogen-bond acceptors (Lipinski definition) is 1. The van der Waals surface area contributed by atoms with E-state index in [-0.39, 0.29) is 11.8 Å². The van der Waals surface area contributed by atoms with Gasteiger partial charge in [-0.25, -0.2) is 0 Å². The Kier molecular flexibility index (Phi) is 3.12. The average molecular weight is 181 g/mol. The molecule has 1 amide bonds. The van der Waals surface area contributed by atoms with Crippen LogP contribution in [0.25, 0.3) is 0 Å². The SMILES string of the molecule is CC(C)C1C=CNC(=O)C1C(C)C. The van der Waals surface area contributed by atoms with E-state index in [0.29, 0.717) is 17.8 Å². The van der Waals surface area contributed by atoms with Crippen LogP contribution in [0.2, 0.25) is 0 Å². The maximum Gasteiger partial charge on any atom is 0.227 e. The Morgan fingerprint density at radius 1 is 1.23 bits per heavy atom. The third-order valence-corrected chi connectivity index (χ3v) is 2.75. The lowest BCUT2D eigenvalue weighted by atomic mass is 9.75. The summed E-state index contributed by atoms with van der Waals surface area (Å²) in [5, 5.41) is 2.78. The zero-order valence-electron chi connectivity index (χ0n) is 8.87. The van der Waals surface area contributed by atoms with Gasteiger partial charge in [0.1, 0.15) is 0 Å². The molecule has 0 aromatic rings. The summed E-state index contributed by atoms with van der Waals surface area (Å²) in [5.41, 5.74) is 0. The molecule has 0 spiro atoms. The Morgan fingerprint density at radius 3 is 2.23 bits per heavy atom. The highest BCUT2D eigenvalue weighted by molar-refractivity contribution is 5.81. The lowest BCUT2D eigenvalue weighted by Gasteiger charge is -2.32. The van der Waals surface area contributed by atoms with Crippen molar-refractivity contribution >= 4 is 5.91 Å². The Hall–Kier alpha value is -0.790. The van der Waals surface area contributed by atoms with Crippen LogP contribution >= 0.6 is 0 Å². The quantitative estimate of drug-likeness (QED) is 0.695. The third kappa shape index (κ3) is 2.11. The summed E-state index contributed by atoms with van der Waals surface area (Å²) < 4.78 is 0. The van der Waals surface area contributed by atoms with Crippen molar-refractivity contribution in [1.82, 2.24) is 5.32 Å². The first-order valence-electron chi connectivity index (χ1n) is 5.01. The summed E-state index contributed by atoms with van der Waals surface area (Å²) in [4.78, 5) is 11.6. The molecule has 0 aliphatic carbocycles. The highest BCUT2D eigenvalue weighted by Crippen LogP contribution is 2.30. The zero-order valence-corrected chi connectivity index (χ0v) is 8.87. The number of nitrogens with one attached hydrogen (secondary N) is 1. The van der Waals surface area contributed by atoms with E-state index in [9.17, 15) is 4.79 Å². The molecule has 0 aromatic carbocycles. The van der Waals surface area contributed by atoms with E-state index in [4.69, 9.17) is 0 Å². The van der Waals surface area contributed by atoms with Gasteiger partial charge in [0.2, 0.25) is 5.91 Å². The van der Waals surface area contributed by atoms with Crippen LogP contribution in [-0.4, -0.2) is 5.91 Å². The molecule has 74 valence electrons. The van der Waals surface area contributed by atoms with Crippen molar-refractivity contribution in [2.75, 3.05) is 0 Å². The number of hydrogen-bond donors (Lipinski definition) is 1. The highest BCUT2D eigenvalue weighted by Gasteiger charge is 2.33. The fraction of sp³-hybridized carbons (Fsp3) is 0.727. The van der Waals surface area contributed by atoms with E-state index in [1.807, 2.05) is 0 Å². The van der Waals surface area contributed by atoms with E-state index in [1.54, 1.807) is 6.20 Å². The lowest BCUT2D eigenvalue weighted by Crippen LogP contribution is -2.40. The van der Waals surface area contributed by atoms with Gasteiger partial charge in [0.05, 0.1) is 0 Å². The standard InChI is InChI=1S/C11H19NO/c1-7(2)9-5-6-12-11(13)10(9)8(3)4/h5-10H,1-4H3,(H,12,13). The maximum absolute atomic E-state index is 11.6. The predicted octanol–water partition coefficient (Wildman–Crippen LogP) is 2.17. The topological polar surface area (TPSA) is 29.1 Å². The van der Waals surface area contributed by atoms with Crippen molar-refractivity contribution in [3.63, 3.8) is 0 Å². The molecule has 1 aliphatic rings. The number of carbonyl (C=O) groups is 1. The van der Waals surface area contributed by atoms with Gasteiger partial charge in [0.15, 0.2) is 0 Å². The molecular formula is C11H19NO. The molecule has 2 unspecified atom stereocenters. The number of allylic oxidation sites excluding steroid dienone is 1. The second kappa shape index (κ2) is 3.95. The molecule has 0 bridgehead atoms. The van der Waals surface area contributed by atoms with E-state index < -0.39 is 0 Å². The summed E-state index contributed by atoms with van der Waals surface area (Å²) >= 11 is 0. The molecule has 2 nitrogen and oxygen atoms in total. The lowest BCUT2D eigenvalue weighted by molar-refractivity contribution is -0.127. The van der Waals surface area contributed by atoms with Crippen molar-refractivity contribution in [1.29, 1.82) is 0 Å². The van der Waals surface area contributed by atoms with Gasteiger partial charge in [-0.1, -0.05) is 33.8 Å². The first-order valence-corrected chi connectivity index (χ1v) is 5.01. The fourth-order valence-corrected chi connectivity index (χ4v) is 2.02. The Balaban J connectivity index is 2.85. The van der Waals surface area contributed by atoms with Gasteiger partial charge in [0.25, 0.3) is 0 Å². The van der Waals surface area contributed by atoms with Crippen LogP contribution in [0, 0.1) is 23.7 Å². The van der Waals surface area contributed by atoms with Gasteiger partial charge in [0, 0.05) is 12.1 Å². The molecule has 1 aliphatic heterocycles. The minimum Gasteiger partial charge on any atom is -0.333 e. The molecule has 0 radical (unpaired) electrons. The minimum absolute atomic E-state index is 0.144. The summed E-state index contributed by atoms with van der Waals surface area (Å²) in [6.07, 6.45) is 3.91. The second-order valence-corrected chi connectivity index (χ2v) is 4.46. The largest absolute Gasteiger partial charge is 0.333 e. The van der Waals surface area contributed by atoms with Gasteiger partial charge in [-0.3, -0.25) is 4.79 Å². The van der Waals surface area contributed by atoms with Crippen LogP contribution in [0.1, 0.15) is 27.7 Å². The van der Waals surface area contributed by atoms with Crippen LogP contribution in [0.3, 0.4) is 0 Å². The first kappa shape index (κ1) is 10.3. The summed E-state index contributed by atoms with van der Waals surface area (Å²) in [6.45, 7) is 8.56. The van der Waals surface area contributed by atoms with Crippen LogP contribution in [0.15, 0.2) is 12.3 Å². The summed E-state index contributed by atoms with van der Waals surface area (Å²) in [7, 11) is 0. The average Bonchev–Trinajstić information content (AvgIpc) is 2.02. The molecule has 0 saturated carbocycles. The highest BCUT2D eigenvalue weighted by atomic mass is 16.1.